The molecule has 1 saturated heterocycles. The average molecular weight is 445 g/mol. The number of nitrogens with one attached hydrogen (secondary N) is 1. The number of ether oxygens (including phenoxy) is 1. The first-order valence-electron chi connectivity index (χ1n) is 10.4. The summed E-state index contributed by atoms with van der Waals surface area (Å²) in [5, 5.41) is 2.69. The quantitative estimate of drug-likeness (QED) is 0.663. The van der Waals surface area contributed by atoms with E-state index in [1.807, 2.05) is 31.2 Å². The fraction of sp³-hybridized carbons (Fsp3) is 0.391. The number of nitrogens with zero attached hydrogens (tertiary/aromatic N) is 1. The molecule has 1 N–H and O–H groups in total. The van der Waals surface area contributed by atoms with Crippen molar-refractivity contribution in [2.24, 2.45) is 0 Å². The molecule has 2 aromatic rings. The van der Waals surface area contributed by atoms with E-state index in [0.29, 0.717) is 25.2 Å². The van der Waals surface area contributed by atoms with Crippen LogP contribution in [-0.4, -0.2) is 44.3 Å². The fourth-order valence-corrected chi connectivity index (χ4v) is 5.19. The molecule has 0 radical (unpaired) electrons. The number of sulfonamides is 1. The van der Waals surface area contributed by atoms with E-state index in [0.717, 1.165) is 30.4 Å². The van der Waals surface area contributed by atoms with Crippen LogP contribution in [0.3, 0.4) is 0 Å². The molecule has 0 aliphatic carbocycles. The van der Waals surface area contributed by atoms with E-state index in [1.165, 1.54) is 16.4 Å². The number of esters is 1. The van der Waals surface area contributed by atoms with Crippen LogP contribution in [0.5, 0.6) is 0 Å². The summed E-state index contributed by atoms with van der Waals surface area (Å²) in [7, 11) is -3.68. The van der Waals surface area contributed by atoms with Gasteiger partial charge in [-0.3, -0.25) is 4.79 Å². The Morgan fingerprint density at radius 2 is 1.68 bits per heavy atom. The van der Waals surface area contributed by atoms with Crippen molar-refractivity contribution in [2.45, 2.75) is 44.6 Å². The molecule has 0 bridgehead atoms. The summed E-state index contributed by atoms with van der Waals surface area (Å²) in [5.41, 5.74) is 2.74. The highest BCUT2D eigenvalue weighted by atomic mass is 32.2. The Morgan fingerprint density at radius 1 is 1.00 bits per heavy atom. The molecule has 7 nitrogen and oxygen atoms in total. The Balaban J connectivity index is 1.60. The van der Waals surface area contributed by atoms with Gasteiger partial charge in [-0.25, -0.2) is 13.2 Å². The zero-order chi connectivity index (χ0) is 22.4. The van der Waals surface area contributed by atoms with Crippen molar-refractivity contribution in [1.82, 2.24) is 9.62 Å². The molecule has 31 heavy (non-hydrogen) atoms. The first-order chi connectivity index (χ1) is 14.8. The van der Waals surface area contributed by atoms with E-state index in [9.17, 15) is 18.0 Å². The van der Waals surface area contributed by atoms with Crippen LogP contribution in [0.15, 0.2) is 47.4 Å². The van der Waals surface area contributed by atoms with Gasteiger partial charge in [-0.15, -0.1) is 0 Å². The summed E-state index contributed by atoms with van der Waals surface area (Å²) in [6.07, 6.45) is 2.68. The largest absolute Gasteiger partial charge is 0.452 e. The van der Waals surface area contributed by atoms with Gasteiger partial charge in [-0.2, -0.15) is 4.31 Å². The molecule has 3 rings (SSSR count). The van der Waals surface area contributed by atoms with Crippen LogP contribution >= 0.6 is 0 Å². The fourth-order valence-electron chi connectivity index (χ4n) is 3.42. The van der Waals surface area contributed by atoms with Crippen molar-refractivity contribution in [1.29, 1.82) is 0 Å². The number of hydrogen-bond acceptors (Lipinski definition) is 5. The van der Waals surface area contributed by atoms with Gasteiger partial charge in [-0.05, 0) is 49.9 Å². The lowest BCUT2D eigenvalue weighted by Gasteiger charge is -2.26. The first-order valence-corrected chi connectivity index (χ1v) is 11.8. The molecule has 1 aliphatic heterocycles. The van der Waals surface area contributed by atoms with Crippen molar-refractivity contribution in [2.75, 3.05) is 19.7 Å². The number of hydrogen-bond donors (Lipinski definition) is 1. The van der Waals surface area contributed by atoms with Gasteiger partial charge in [-0.1, -0.05) is 42.3 Å². The number of rotatable bonds is 7. The highest BCUT2D eigenvalue weighted by Crippen LogP contribution is 2.24. The number of aryl methyl sites for hydroxylation is 2. The highest BCUT2D eigenvalue weighted by Gasteiger charge is 2.28. The summed E-state index contributed by atoms with van der Waals surface area (Å²) < 4.78 is 32.6. The van der Waals surface area contributed by atoms with Crippen molar-refractivity contribution >= 4 is 21.9 Å². The number of carbonyl (C=O) groups is 2. The van der Waals surface area contributed by atoms with Gasteiger partial charge in [0.2, 0.25) is 10.0 Å². The van der Waals surface area contributed by atoms with Crippen molar-refractivity contribution < 1.29 is 22.7 Å². The topological polar surface area (TPSA) is 92.8 Å². The standard InChI is InChI=1S/C23H28N2O5S/c1-17-6-9-19(10-7-17)15-24-22(26)16-30-23(27)20-11-8-18(2)21(14-20)31(28,29)25-12-4-3-5-13-25/h6-11,14H,3-5,12-13,15-16H2,1-2H3,(H,24,26). The second-order valence-corrected chi connectivity index (χ2v) is 9.69. The van der Waals surface area contributed by atoms with E-state index in [2.05, 4.69) is 5.32 Å². The highest BCUT2D eigenvalue weighted by molar-refractivity contribution is 7.89. The molecule has 0 spiro atoms. The predicted molar refractivity (Wildman–Crippen MR) is 117 cm³/mol. The van der Waals surface area contributed by atoms with E-state index in [-0.39, 0.29) is 10.5 Å². The Kier molecular flexibility index (Phi) is 7.46. The molecular formula is C23H28N2O5S. The van der Waals surface area contributed by atoms with Crippen LogP contribution in [0.2, 0.25) is 0 Å². The lowest BCUT2D eigenvalue weighted by molar-refractivity contribution is -0.124. The maximum absolute atomic E-state index is 13.0. The molecule has 166 valence electrons. The Bertz CT molecular complexity index is 1040. The van der Waals surface area contributed by atoms with Crippen LogP contribution in [0.1, 0.15) is 46.3 Å². The SMILES string of the molecule is Cc1ccc(CNC(=O)COC(=O)c2ccc(C)c(S(=O)(=O)N3CCCCC3)c2)cc1. The second-order valence-electron chi connectivity index (χ2n) is 7.78. The third kappa shape index (κ3) is 5.92. The minimum atomic E-state index is -3.68. The molecule has 1 aliphatic rings. The number of piperidine rings is 1. The molecule has 0 atom stereocenters. The van der Waals surface area contributed by atoms with Crippen LogP contribution in [0.4, 0.5) is 0 Å². The maximum Gasteiger partial charge on any atom is 0.338 e. The zero-order valence-electron chi connectivity index (χ0n) is 17.9. The van der Waals surface area contributed by atoms with E-state index in [1.54, 1.807) is 13.0 Å². The van der Waals surface area contributed by atoms with Crippen LogP contribution in [0.25, 0.3) is 0 Å². The molecule has 1 fully saturated rings. The van der Waals surface area contributed by atoms with Gasteiger partial charge in [0.05, 0.1) is 10.5 Å². The zero-order valence-corrected chi connectivity index (χ0v) is 18.7. The summed E-state index contributed by atoms with van der Waals surface area (Å²) in [5.74, 6) is -1.16. The minimum absolute atomic E-state index is 0.104. The Morgan fingerprint density at radius 3 is 2.35 bits per heavy atom. The smallest absolute Gasteiger partial charge is 0.338 e. The summed E-state index contributed by atoms with van der Waals surface area (Å²) in [6, 6.07) is 12.2. The van der Waals surface area contributed by atoms with Gasteiger partial charge in [0, 0.05) is 19.6 Å². The van der Waals surface area contributed by atoms with Gasteiger partial charge in [0.1, 0.15) is 0 Å². The van der Waals surface area contributed by atoms with Gasteiger partial charge in [0.15, 0.2) is 6.61 Å². The average Bonchev–Trinajstić information content (AvgIpc) is 2.78. The number of benzene rings is 2. The lowest BCUT2D eigenvalue weighted by atomic mass is 10.1. The Hall–Kier alpha value is -2.71. The van der Waals surface area contributed by atoms with E-state index in [4.69, 9.17) is 4.74 Å². The van der Waals surface area contributed by atoms with Crippen molar-refractivity contribution in [3.05, 3.63) is 64.7 Å². The molecule has 0 unspecified atom stereocenters. The van der Waals surface area contributed by atoms with Crippen LogP contribution < -0.4 is 5.32 Å². The molecule has 0 saturated carbocycles. The van der Waals surface area contributed by atoms with Crippen molar-refractivity contribution in [3.63, 3.8) is 0 Å². The third-order valence-electron chi connectivity index (χ3n) is 5.30. The normalized spacial score (nSPS) is 14.8. The van der Waals surface area contributed by atoms with E-state index >= 15 is 0 Å². The molecule has 0 aromatic heterocycles. The third-order valence-corrected chi connectivity index (χ3v) is 7.34. The summed E-state index contributed by atoms with van der Waals surface area (Å²) >= 11 is 0. The van der Waals surface area contributed by atoms with Crippen LogP contribution in [-0.2, 0) is 26.1 Å². The molecule has 1 amide bonds. The van der Waals surface area contributed by atoms with Gasteiger partial charge in [0.25, 0.3) is 5.91 Å². The van der Waals surface area contributed by atoms with Gasteiger partial charge >= 0.3 is 5.97 Å². The predicted octanol–water partition coefficient (Wildman–Crippen LogP) is 2.95. The van der Waals surface area contributed by atoms with E-state index < -0.39 is 28.5 Å². The second kappa shape index (κ2) is 10.1. The minimum Gasteiger partial charge on any atom is -0.452 e. The van der Waals surface area contributed by atoms with Crippen molar-refractivity contribution in [3.8, 4) is 0 Å². The maximum atomic E-state index is 13.0. The summed E-state index contributed by atoms with van der Waals surface area (Å²) in [4.78, 5) is 24.5. The molecule has 2 aromatic carbocycles. The number of amides is 1. The Labute approximate surface area is 183 Å². The molecule has 8 heteroatoms. The first kappa shape index (κ1) is 23.0. The molecular weight excluding hydrogens is 416 g/mol. The number of carbonyl (C=O) groups excluding carboxylic acids is 2. The van der Waals surface area contributed by atoms with Gasteiger partial charge < -0.3 is 10.1 Å². The van der Waals surface area contributed by atoms with Crippen LogP contribution in [0, 0.1) is 13.8 Å². The lowest BCUT2D eigenvalue weighted by Crippen LogP contribution is -2.36. The monoisotopic (exact) mass is 444 g/mol. The molecule has 1 heterocycles. The summed E-state index contributed by atoms with van der Waals surface area (Å²) in [6.45, 7) is 4.54.